The van der Waals surface area contributed by atoms with E-state index in [0.29, 0.717) is 16.1 Å². The van der Waals surface area contributed by atoms with Crippen LogP contribution in [-0.4, -0.2) is 16.9 Å². The van der Waals surface area contributed by atoms with Crippen LogP contribution >= 0.6 is 11.6 Å². The number of halogens is 1. The summed E-state index contributed by atoms with van der Waals surface area (Å²) in [6.45, 7) is 0. The van der Waals surface area contributed by atoms with Crippen LogP contribution < -0.4 is 10.3 Å². The Morgan fingerprint density at radius 1 is 0.964 bits per heavy atom. The number of aromatic nitrogens is 2. The highest BCUT2D eigenvalue weighted by Gasteiger charge is 2.09. The standard InChI is InChI=1S/C23H17ClN2O2/c1-28-19-11-8-16(9-12-19)6-7-17-10-13-20-18(14-17)15-25-26(23(20)27)22-5-3-2-4-21(22)24/h2-15H,1H3. The molecule has 4 rings (SSSR count). The quantitative estimate of drug-likeness (QED) is 0.450. The maximum atomic E-state index is 12.8. The number of fused-ring (bicyclic) bond motifs is 1. The molecule has 0 aliphatic carbocycles. The highest BCUT2D eigenvalue weighted by molar-refractivity contribution is 6.32. The number of benzene rings is 3. The molecule has 0 N–H and O–H groups in total. The van der Waals surface area contributed by atoms with Crippen molar-refractivity contribution in [3.05, 3.63) is 99.4 Å². The molecule has 0 aliphatic rings. The maximum absolute atomic E-state index is 12.8. The minimum absolute atomic E-state index is 0.198. The number of ether oxygens (including phenoxy) is 1. The van der Waals surface area contributed by atoms with Crippen LogP contribution in [0.5, 0.6) is 5.75 Å². The van der Waals surface area contributed by atoms with Crippen molar-refractivity contribution in [2.24, 2.45) is 0 Å². The van der Waals surface area contributed by atoms with Crippen LogP contribution in [0.4, 0.5) is 0 Å². The molecule has 0 atom stereocenters. The molecule has 0 radical (unpaired) electrons. The summed E-state index contributed by atoms with van der Waals surface area (Å²) in [5.41, 5.74) is 2.42. The van der Waals surface area contributed by atoms with Crippen LogP contribution in [0.2, 0.25) is 5.02 Å². The predicted octanol–water partition coefficient (Wildman–Crippen LogP) is 5.22. The van der Waals surface area contributed by atoms with Gasteiger partial charge in [0.1, 0.15) is 5.75 Å². The van der Waals surface area contributed by atoms with Crippen molar-refractivity contribution in [1.82, 2.24) is 9.78 Å². The Hall–Kier alpha value is -3.37. The van der Waals surface area contributed by atoms with Crippen molar-refractivity contribution in [2.75, 3.05) is 7.11 Å². The van der Waals surface area contributed by atoms with Gasteiger partial charge in [-0.15, -0.1) is 0 Å². The molecule has 0 aliphatic heterocycles. The van der Waals surface area contributed by atoms with Gasteiger partial charge in [0.25, 0.3) is 5.56 Å². The second-order valence-corrected chi connectivity index (χ2v) is 6.67. The number of rotatable bonds is 4. The minimum Gasteiger partial charge on any atom is -0.497 e. The van der Waals surface area contributed by atoms with E-state index < -0.39 is 0 Å². The predicted molar refractivity (Wildman–Crippen MR) is 114 cm³/mol. The molecule has 28 heavy (non-hydrogen) atoms. The summed E-state index contributed by atoms with van der Waals surface area (Å²) in [5.74, 6) is 0.823. The first kappa shape index (κ1) is 18.0. The summed E-state index contributed by atoms with van der Waals surface area (Å²) in [6.07, 6.45) is 5.70. The third-order valence-corrected chi connectivity index (χ3v) is 4.79. The summed E-state index contributed by atoms with van der Waals surface area (Å²) in [7, 11) is 1.65. The van der Waals surface area contributed by atoms with Crippen molar-refractivity contribution in [3.8, 4) is 11.4 Å². The molecule has 1 heterocycles. The van der Waals surface area contributed by atoms with Gasteiger partial charge in [0, 0.05) is 5.39 Å². The second-order valence-electron chi connectivity index (χ2n) is 6.27. The molecule has 5 heteroatoms. The van der Waals surface area contributed by atoms with E-state index in [0.717, 1.165) is 22.3 Å². The van der Waals surface area contributed by atoms with Crippen molar-refractivity contribution in [1.29, 1.82) is 0 Å². The van der Waals surface area contributed by atoms with E-state index in [-0.39, 0.29) is 5.56 Å². The third kappa shape index (κ3) is 3.55. The largest absolute Gasteiger partial charge is 0.497 e. The molecule has 0 fully saturated rings. The van der Waals surface area contributed by atoms with Crippen LogP contribution in [0.1, 0.15) is 11.1 Å². The smallest absolute Gasteiger partial charge is 0.279 e. The van der Waals surface area contributed by atoms with Gasteiger partial charge in [0.05, 0.1) is 29.4 Å². The number of nitrogens with zero attached hydrogens (tertiary/aromatic N) is 2. The fourth-order valence-electron chi connectivity index (χ4n) is 2.98. The Bertz CT molecular complexity index is 1230. The van der Waals surface area contributed by atoms with E-state index in [4.69, 9.17) is 16.3 Å². The first-order chi connectivity index (χ1) is 13.7. The molecule has 138 valence electrons. The zero-order valence-electron chi connectivity index (χ0n) is 15.2. The normalized spacial score (nSPS) is 11.2. The lowest BCUT2D eigenvalue weighted by Gasteiger charge is -2.08. The molecule has 0 bridgehead atoms. The molecule has 1 aromatic heterocycles. The van der Waals surface area contributed by atoms with Gasteiger partial charge in [0.2, 0.25) is 0 Å². The Kier molecular flexibility index (Phi) is 4.96. The van der Waals surface area contributed by atoms with Crippen molar-refractivity contribution < 1.29 is 4.74 Å². The lowest BCUT2D eigenvalue weighted by Crippen LogP contribution is -2.21. The Morgan fingerprint density at radius 3 is 2.43 bits per heavy atom. The van der Waals surface area contributed by atoms with Gasteiger partial charge >= 0.3 is 0 Å². The molecule has 0 unspecified atom stereocenters. The van der Waals surface area contributed by atoms with E-state index in [2.05, 4.69) is 5.10 Å². The van der Waals surface area contributed by atoms with Gasteiger partial charge in [-0.2, -0.15) is 9.78 Å². The summed E-state index contributed by atoms with van der Waals surface area (Å²) < 4.78 is 6.50. The second kappa shape index (κ2) is 7.71. The number of methoxy groups -OCH3 is 1. The lowest BCUT2D eigenvalue weighted by molar-refractivity contribution is 0.415. The Morgan fingerprint density at radius 2 is 1.68 bits per heavy atom. The van der Waals surface area contributed by atoms with Crippen LogP contribution in [0, 0.1) is 0 Å². The summed E-state index contributed by atoms with van der Waals surface area (Å²) >= 11 is 6.21. The fourth-order valence-corrected chi connectivity index (χ4v) is 3.19. The highest BCUT2D eigenvalue weighted by Crippen LogP contribution is 2.20. The average Bonchev–Trinajstić information content (AvgIpc) is 2.73. The lowest BCUT2D eigenvalue weighted by atomic mass is 10.1. The molecule has 3 aromatic carbocycles. The fraction of sp³-hybridized carbons (Fsp3) is 0.0435. The van der Waals surface area contributed by atoms with Gasteiger partial charge in [-0.05, 0) is 47.5 Å². The van der Waals surface area contributed by atoms with Crippen LogP contribution in [0.15, 0.2) is 77.7 Å². The zero-order chi connectivity index (χ0) is 19.5. The Balaban J connectivity index is 1.68. The number of hydrogen-bond acceptors (Lipinski definition) is 3. The minimum atomic E-state index is -0.198. The zero-order valence-corrected chi connectivity index (χ0v) is 15.9. The van der Waals surface area contributed by atoms with Crippen molar-refractivity contribution >= 4 is 34.5 Å². The molecule has 4 aromatic rings. The summed E-state index contributed by atoms with van der Waals surface area (Å²) in [4.78, 5) is 12.8. The molecule has 4 nitrogen and oxygen atoms in total. The van der Waals surface area contributed by atoms with Gasteiger partial charge in [0.15, 0.2) is 0 Å². The van der Waals surface area contributed by atoms with Gasteiger partial charge < -0.3 is 4.74 Å². The highest BCUT2D eigenvalue weighted by atomic mass is 35.5. The van der Waals surface area contributed by atoms with Crippen molar-refractivity contribution in [3.63, 3.8) is 0 Å². The van der Waals surface area contributed by atoms with E-state index in [1.54, 1.807) is 25.4 Å². The Labute approximate surface area is 167 Å². The van der Waals surface area contributed by atoms with Crippen LogP contribution in [-0.2, 0) is 0 Å². The molecule has 0 saturated heterocycles. The molecular formula is C23H17ClN2O2. The molecule has 0 amide bonds. The SMILES string of the molecule is COc1ccc(C=Cc2ccc3c(=O)n(-c4ccccc4Cl)ncc3c2)cc1. The van der Waals surface area contributed by atoms with Crippen LogP contribution in [0.3, 0.4) is 0 Å². The molecule has 0 saturated carbocycles. The first-order valence-electron chi connectivity index (χ1n) is 8.75. The number of para-hydroxylation sites is 1. The van der Waals surface area contributed by atoms with E-state index in [1.807, 2.05) is 66.7 Å². The van der Waals surface area contributed by atoms with E-state index in [9.17, 15) is 4.79 Å². The van der Waals surface area contributed by atoms with Gasteiger partial charge in [-0.25, -0.2) is 0 Å². The average molecular weight is 389 g/mol. The molecular weight excluding hydrogens is 372 g/mol. The van der Waals surface area contributed by atoms with E-state index >= 15 is 0 Å². The van der Waals surface area contributed by atoms with E-state index in [1.165, 1.54) is 4.68 Å². The third-order valence-electron chi connectivity index (χ3n) is 4.48. The molecule has 0 spiro atoms. The topological polar surface area (TPSA) is 44.1 Å². The summed E-state index contributed by atoms with van der Waals surface area (Å²) in [5, 5.41) is 6.16. The van der Waals surface area contributed by atoms with Gasteiger partial charge in [-0.3, -0.25) is 4.79 Å². The van der Waals surface area contributed by atoms with Crippen LogP contribution in [0.25, 0.3) is 28.6 Å². The van der Waals surface area contributed by atoms with Crippen molar-refractivity contribution in [2.45, 2.75) is 0 Å². The number of hydrogen-bond donors (Lipinski definition) is 0. The maximum Gasteiger partial charge on any atom is 0.279 e. The first-order valence-corrected chi connectivity index (χ1v) is 9.12. The monoisotopic (exact) mass is 388 g/mol. The summed E-state index contributed by atoms with van der Waals surface area (Å²) in [6, 6.07) is 20.6. The van der Waals surface area contributed by atoms with Gasteiger partial charge in [-0.1, -0.05) is 54.1 Å².